The number of rotatable bonds is 5. The smallest absolute Gasteiger partial charge is 0.256 e. The van der Waals surface area contributed by atoms with Crippen LogP contribution in [0.5, 0.6) is 0 Å². The average Bonchev–Trinajstić information content (AvgIpc) is 3.21. The molecule has 1 amide bonds. The topological polar surface area (TPSA) is 67.8 Å². The van der Waals surface area contributed by atoms with Crippen molar-refractivity contribution in [3.8, 4) is 0 Å². The highest BCUT2D eigenvalue weighted by atomic mass is 32.2. The Hall–Kier alpha value is -2.77. The highest BCUT2D eigenvalue weighted by Gasteiger charge is 2.14. The minimum Gasteiger partial charge on any atom is -0.322 e. The molecule has 2 aromatic heterocycles. The Bertz CT molecular complexity index is 1110. The van der Waals surface area contributed by atoms with Gasteiger partial charge in [-0.1, -0.05) is 55.1 Å². The predicted octanol–water partition coefficient (Wildman–Crippen LogP) is 5.61. The maximum Gasteiger partial charge on any atom is 0.256 e. The molecule has 5 nitrogen and oxygen atoms in total. The van der Waals surface area contributed by atoms with Crippen molar-refractivity contribution in [2.45, 2.75) is 29.0 Å². The monoisotopic (exact) mass is 406 g/mol. The lowest BCUT2D eigenvalue weighted by molar-refractivity contribution is 0.102. The van der Waals surface area contributed by atoms with Crippen LogP contribution >= 0.6 is 23.1 Å². The van der Waals surface area contributed by atoms with Crippen molar-refractivity contribution >= 4 is 45.6 Å². The summed E-state index contributed by atoms with van der Waals surface area (Å²) in [4.78, 5) is 18.7. The number of anilines is 1. The lowest BCUT2D eigenvalue weighted by atomic mass is 10.0. The van der Waals surface area contributed by atoms with E-state index in [1.54, 1.807) is 17.3 Å². The Balaban J connectivity index is 1.58. The van der Waals surface area contributed by atoms with Crippen molar-refractivity contribution in [1.82, 2.24) is 15.2 Å². The molecular formula is C21H18N4OS2. The van der Waals surface area contributed by atoms with Crippen LogP contribution in [0.1, 0.15) is 35.8 Å². The van der Waals surface area contributed by atoms with Crippen LogP contribution in [-0.4, -0.2) is 21.1 Å². The van der Waals surface area contributed by atoms with Gasteiger partial charge in [0.25, 0.3) is 5.91 Å². The molecule has 0 unspecified atom stereocenters. The summed E-state index contributed by atoms with van der Waals surface area (Å²) in [5.74, 6) is 0.109. The quantitative estimate of drug-likeness (QED) is 0.466. The van der Waals surface area contributed by atoms with Gasteiger partial charge in [0.2, 0.25) is 0 Å². The van der Waals surface area contributed by atoms with Crippen LogP contribution in [-0.2, 0) is 0 Å². The second kappa shape index (κ2) is 8.08. The third kappa shape index (κ3) is 4.05. The molecule has 7 heteroatoms. The average molecular weight is 407 g/mol. The largest absolute Gasteiger partial charge is 0.322 e. The first kappa shape index (κ1) is 18.6. The zero-order chi connectivity index (χ0) is 19.5. The lowest BCUT2D eigenvalue weighted by Crippen LogP contribution is -2.13. The van der Waals surface area contributed by atoms with Gasteiger partial charge in [0.05, 0.1) is 11.1 Å². The van der Waals surface area contributed by atoms with Gasteiger partial charge in [-0.05, 0) is 42.3 Å². The highest BCUT2D eigenvalue weighted by Crippen LogP contribution is 2.29. The number of benzene rings is 2. The molecule has 4 rings (SSSR count). The van der Waals surface area contributed by atoms with E-state index in [9.17, 15) is 4.79 Å². The third-order valence-corrected chi connectivity index (χ3v) is 6.02. The van der Waals surface area contributed by atoms with Crippen molar-refractivity contribution < 1.29 is 4.79 Å². The Morgan fingerprint density at radius 3 is 2.61 bits per heavy atom. The number of carbonyl (C=O) groups is 1. The Labute approximate surface area is 171 Å². The van der Waals surface area contributed by atoms with Crippen LogP contribution in [0, 0.1) is 0 Å². The maximum absolute atomic E-state index is 13.0. The third-order valence-electron chi connectivity index (χ3n) is 4.23. The zero-order valence-electron chi connectivity index (χ0n) is 15.4. The van der Waals surface area contributed by atoms with E-state index in [0.29, 0.717) is 5.56 Å². The van der Waals surface area contributed by atoms with Crippen LogP contribution in [0.4, 0.5) is 5.69 Å². The van der Waals surface area contributed by atoms with Gasteiger partial charge >= 0.3 is 0 Å². The maximum atomic E-state index is 13.0. The van der Waals surface area contributed by atoms with Gasteiger partial charge in [-0.3, -0.25) is 9.78 Å². The van der Waals surface area contributed by atoms with Gasteiger partial charge < -0.3 is 5.32 Å². The van der Waals surface area contributed by atoms with Crippen LogP contribution in [0.2, 0.25) is 0 Å². The van der Waals surface area contributed by atoms with E-state index >= 15 is 0 Å². The molecule has 1 N–H and O–H groups in total. The summed E-state index contributed by atoms with van der Waals surface area (Å²) in [5.41, 5.74) is 4.84. The summed E-state index contributed by atoms with van der Waals surface area (Å²) in [6, 6.07) is 17.4. The van der Waals surface area contributed by atoms with Gasteiger partial charge in [0.15, 0.2) is 4.34 Å². The first-order chi connectivity index (χ1) is 13.6. The summed E-state index contributed by atoms with van der Waals surface area (Å²) in [7, 11) is 0. The number of nitrogens with zero attached hydrogens (tertiary/aromatic N) is 3. The number of hydrogen-bond acceptors (Lipinski definition) is 6. The molecule has 0 fully saturated rings. The van der Waals surface area contributed by atoms with Crippen molar-refractivity contribution in [2.24, 2.45) is 0 Å². The fraction of sp³-hybridized carbons (Fsp3) is 0.143. The second-order valence-electron chi connectivity index (χ2n) is 6.55. The summed E-state index contributed by atoms with van der Waals surface area (Å²) in [6.07, 6.45) is 0. The molecule has 0 aliphatic heterocycles. The SMILES string of the molecule is CC(C)c1cc(C(=O)Nc2ccc(Sc3nncs3)cc2)c2ccccc2n1. The summed E-state index contributed by atoms with van der Waals surface area (Å²) < 4.78 is 0.890. The molecule has 2 aromatic carbocycles. The van der Waals surface area contributed by atoms with Crippen LogP contribution < -0.4 is 5.32 Å². The van der Waals surface area contributed by atoms with E-state index in [1.807, 2.05) is 54.6 Å². The van der Waals surface area contributed by atoms with Crippen molar-refractivity contribution in [2.75, 3.05) is 5.32 Å². The number of pyridine rings is 1. The molecule has 140 valence electrons. The van der Waals surface area contributed by atoms with Crippen molar-refractivity contribution in [3.63, 3.8) is 0 Å². The van der Waals surface area contributed by atoms with Crippen LogP contribution in [0.3, 0.4) is 0 Å². The van der Waals surface area contributed by atoms with Gasteiger partial charge in [-0.15, -0.1) is 10.2 Å². The molecule has 0 aliphatic rings. The number of para-hydroxylation sites is 1. The number of fused-ring (bicyclic) bond motifs is 1. The van der Waals surface area contributed by atoms with Gasteiger partial charge in [-0.2, -0.15) is 0 Å². The second-order valence-corrected chi connectivity index (χ2v) is 8.71. The fourth-order valence-electron chi connectivity index (χ4n) is 2.79. The Morgan fingerprint density at radius 2 is 1.89 bits per heavy atom. The minimum absolute atomic E-state index is 0.134. The predicted molar refractivity (Wildman–Crippen MR) is 114 cm³/mol. The van der Waals surface area contributed by atoms with Crippen molar-refractivity contribution in [3.05, 3.63) is 71.4 Å². The number of aromatic nitrogens is 3. The number of nitrogens with one attached hydrogen (secondary N) is 1. The molecular weight excluding hydrogens is 388 g/mol. The Kier molecular flexibility index (Phi) is 5.36. The molecule has 0 saturated heterocycles. The van der Waals surface area contributed by atoms with Crippen molar-refractivity contribution in [1.29, 1.82) is 0 Å². The summed E-state index contributed by atoms with van der Waals surface area (Å²) in [5, 5.41) is 11.7. The van der Waals surface area contributed by atoms with Crippen LogP contribution in [0.25, 0.3) is 10.9 Å². The summed E-state index contributed by atoms with van der Waals surface area (Å²) >= 11 is 3.05. The van der Waals surface area contributed by atoms with E-state index in [1.165, 1.54) is 11.3 Å². The Morgan fingerprint density at radius 1 is 1.11 bits per heavy atom. The van der Waals surface area contributed by atoms with E-state index in [0.717, 1.165) is 31.5 Å². The number of amides is 1. The lowest BCUT2D eigenvalue weighted by Gasteiger charge is -2.12. The molecule has 0 bridgehead atoms. The molecule has 0 atom stereocenters. The summed E-state index contributed by atoms with van der Waals surface area (Å²) in [6.45, 7) is 4.15. The molecule has 0 aliphatic carbocycles. The number of carbonyl (C=O) groups excluding carboxylic acids is 1. The highest BCUT2D eigenvalue weighted by molar-refractivity contribution is 8.01. The van der Waals surface area contributed by atoms with Gasteiger partial charge in [0.1, 0.15) is 5.51 Å². The van der Waals surface area contributed by atoms with Gasteiger partial charge in [-0.25, -0.2) is 0 Å². The fourth-order valence-corrected chi connectivity index (χ4v) is 4.24. The molecule has 0 spiro atoms. The van der Waals surface area contributed by atoms with E-state index in [4.69, 9.17) is 0 Å². The molecule has 28 heavy (non-hydrogen) atoms. The van der Waals surface area contributed by atoms with Crippen LogP contribution in [0.15, 0.2) is 69.3 Å². The molecule has 0 radical (unpaired) electrons. The van der Waals surface area contributed by atoms with E-state index in [-0.39, 0.29) is 11.8 Å². The zero-order valence-corrected chi connectivity index (χ0v) is 17.1. The van der Waals surface area contributed by atoms with Gasteiger partial charge in [0, 0.05) is 21.7 Å². The normalized spacial score (nSPS) is 11.1. The minimum atomic E-state index is -0.134. The molecule has 2 heterocycles. The van der Waals surface area contributed by atoms with E-state index in [2.05, 4.69) is 34.3 Å². The first-order valence-corrected chi connectivity index (χ1v) is 10.5. The van der Waals surface area contributed by atoms with E-state index < -0.39 is 0 Å². The molecule has 4 aromatic rings. The number of hydrogen-bond donors (Lipinski definition) is 1. The first-order valence-electron chi connectivity index (χ1n) is 8.85. The standard InChI is InChI=1S/C21H18N4OS2/c1-13(2)19-11-17(16-5-3-4-6-18(16)24-19)20(26)23-14-7-9-15(10-8-14)28-21-25-22-12-27-21/h3-13H,1-2H3,(H,23,26). The molecule has 0 saturated carbocycles.